The predicted octanol–water partition coefficient (Wildman–Crippen LogP) is 1.89. The smallest absolute Gasteiger partial charge is 0.233 e. The molecule has 3 rings (SSSR count). The zero-order chi connectivity index (χ0) is 15.0. The Bertz CT molecular complexity index is 535. The monoisotopic (exact) mass is 308 g/mol. The van der Waals surface area contributed by atoms with Gasteiger partial charge in [-0.2, -0.15) is 0 Å². The van der Waals surface area contributed by atoms with Crippen LogP contribution in [0.5, 0.6) is 0 Å². The second-order valence-electron chi connectivity index (χ2n) is 5.80. The van der Waals surface area contributed by atoms with E-state index in [0.717, 1.165) is 30.8 Å². The van der Waals surface area contributed by atoms with E-state index in [1.165, 1.54) is 16.4 Å². The fourth-order valence-corrected chi connectivity index (χ4v) is 4.08. The van der Waals surface area contributed by atoms with Gasteiger partial charge in [0.15, 0.2) is 0 Å². The second kappa shape index (κ2) is 5.71. The molecule has 2 heterocycles. The number of carbonyl (C=O) groups excluding carboxylic acids is 2. The zero-order valence-corrected chi connectivity index (χ0v) is 13.2. The minimum Gasteiger partial charge on any atom is -0.374 e. The average Bonchev–Trinajstić information content (AvgIpc) is 3.14. The molecule has 2 atom stereocenters. The van der Waals surface area contributed by atoms with Crippen LogP contribution in [0.25, 0.3) is 0 Å². The molecule has 1 N–H and O–H groups in total. The molecule has 0 radical (unpaired) electrons. The van der Waals surface area contributed by atoms with Gasteiger partial charge < -0.3 is 5.32 Å². The molecule has 2 amide bonds. The maximum absolute atomic E-state index is 12.5. The lowest BCUT2D eigenvalue weighted by Gasteiger charge is -2.16. The molecule has 1 saturated carbocycles. The van der Waals surface area contributed by atoms with Crippen molar-refractivity contribution in [2.24, 2.45) is 17.8 Å². The number of anilines is 1. The fraction of sp³-hybridized carbons (Fsp3) is 0.714. The van der Waals surface area contributed by atoms with E-state index in [9.17, 15) is 9.59 Å². The van der Waals surface area contributed by atoms with Crippen molar-refractivity contribution < 1.29 is 9.59 Å². The van der Waals surface area contributed by atoms with Gasteiger partial charge in [-0.25, -0.2) is 0 Å². The van der Waals surface area contributed by atoms with Crippen molar-refractivity contribution in [2.75, 3.05) is 11.9 Å². The number of nitrogens with zero attached hydrogens (tertiary/aromatic N) is 3. The molecule has 114 valence electrons. The van der Waals surface area contributed by atoms with E-state index in [2.05, 4.69) is 21.8 Å². The van der Waals surface area contributed by atoms with E-state index in [0.29, 0.717) is 11.6 Å². The van der Waals surface area contributed by atoms with Crippen LogP contribution in [0.1, 0.15) is 38.8 Å². The van der Waals surface area contributed by atoms with Gasteiger partial charge in [0.25, 0.3) is 0 Å². The number of rotatable bonds is 5. The van der Waals surface area contributed by atoms with Gasteiger partial charge in [0, 0.05) is 18.1 Å². The van der Waals surface area contributed by atoms with Crippen LogP contribution in [0.15, 0.2) is 0 Å². The lowest BCUT2D eigenvalue weighted by molar-refractivity contribution is -0.141. The Balaban J connectivity index is 1.74. The maximum Gasteiger partial charge on any atom is 0.233 e. The normalized spacial score (nSPS) is 28.3. The Morgan fingerprint density at radius 2 is 1.90 bits per heavy atom. The van der Waals surface area contributed by atoms with E-state index < -0.39 is 0 Å². The molecule has 2 unspecified atom stereocenters. The fourth-order valence-electron chi connectivity index (χ4n) is 3.44. The van der Waals surface area contributed by atoms with Crippen LogP contribution in [-0.4, -0.2) is 32.8 Å². The summed E-state index contributed by atoms with van der Waals surface area (Å²) in [5.41, 5.74) is 0.690. The Morgan fingerprint density at radius 1 is 1.24 bits per heavy atom. The average molecular weight is 308 g/mol. The molecule has 21 heavy (non-hydrogen) atoms. The lowest BCUT2D eigenvalue weighted by atomic mass is 10.00. The van der Waals surface area contributed by atoms with Gasteiger partial charge in [-0.1, -0.05) is 17.8 Å². The van der Waals surface area contributed by atoms with Crippen molar-refractivity contribution in [1.82, 2.24) is 14.5 Å². The molecule has 1 aromatic rings. The Morgan fingerprint density at radius 3 is 2.48 bits per heavy atom. The van der Waals surface area contributed by atoms with Gasteiger partial charge in [0.05, 0.1) is 18.4 Å². The molecular weight excluding hydrogens is 288 g/mol. The summed E-state index contributed by atoms with van der Waals surface area (Å²) in [6.45, 7) is 5.13. The number of hydrogen-bond acceptors (Lipinski definition) is 6. The molecule has 0 aromatic carbocycles. The lowest BCUT2D eigenvalue weighted by Crippen LogP contribution is -2.32. The van der Waals surface area contributed by atoms with E-state index in [1.54, 1.807) is 0 Å². The van der Waals surface area contributed by atoms with Gasteiger partial charge in [0.2, 0.25) is 11.8 Å². The summed E-state index contributed by atoms with van der Waals surface area (Å²) >= 11 is 1.26. The molecule has 1 aliphatic carbocycles. The molecule has 2 aliphatic rings. The number of likely N-dealkylation sites (tertiary alicyclic amines) is 1. The number of aromatic nitrogens is 2. The van der Waals surface area contributed by atoms with Crippen LogP contribution >= 0.6 is 11.5 Å². The first-order chi connectivity index (χ1) is 10.2. The standard InChI is InChI=1S/C14H20N4O2S/c1-3-8-5-9-10(6-8)14(20)18(13(9)19)7-11-12(15-4-2)21-17-16-11/h8-10,15H,3-7H2,1-2H3. The summed E-state index contributed by atoms with van der Waals surface area (Å²) in [6, 6.07) is 0. The van der Waals surface area contributed by atoms with Crippen LogP contribution < -0.4 is 5.32 Å². The summed E-state index contributed by atoms with van der Waals surface area (Å²) in [5, 5.41) is 8.07. The highest BCUT2D eigenvalue weighted by molar-refractivity contribution is 7.10. The quantitative estimate of drug-likeness (QED) is 0.841. The third-order valence-corrected chi connectivity index (χ3v) is 5.33. The predicted molar refractivity (Wildman–Crippen MR) is 79.6 cm³/mol. The van der Waals surface area contributed by atoms with Crippen molar-refractivity contribution in [3.05, 3.63) is 5.69 Å². The first-order valence-corrected chi connectivity index (χ1v) is 8.33. The first-order valence-electron chi connectivity index (χ1n) is 7.56. The van der Waals surface area contributed by atoms with Crippen LogP contribution in [-0.2, 0) is 16.1 Å². The second-order valence-corrected chi connectivity index (χ2v) is 6.55. The molecule has 1 saturated heterocycles. The molecule has 6 nitrogen and oxygen atoms in total. The number of amides is 2. The van der Waals surface area contributed by atoms with Crippen molar-refractivity contribution in [3.8, 4) is 0 Å². The highest BCUT2D eigenvalue weighted by Gasteiger charge is 2.52. The molecule has 7 heteroatoms. The summed E-state index contributed by atoms with van der Waals surface area (Å²) in [4.78, 5) is 26.4. The van der Waals surface area contributed by atoms with Crippen molar-refractivity contribution in [2.45, 2.75) is 39.7 Å². The molecule has 0 spiro atoms. The minimum absolute atomic E-state index is 0.0172. The largest absolute Gasteiger partial charge is 0.374 e. The SMILES string of the molecule is CCNc1snnc1CN1C(=O)C2CC(CC)CC2C1=O. The van der Waals surface area contributed by atoms with Crippen LogP contribution in [0.4, 0.5) is 5.00 Å². The third-order valence-electron chi connectivity index (χ3n) is 4.61. The molecular formula is C14H20N4O2S. The van der Waals surface area contributed by atoms with Gasteiger partial charge in [-0.15, -0.1) is 5.10 Å². The van der Waals surface area contributed by atoms with Gasteiger partial charge in [-0.3, -0.25) is 14.5 Å². The highest BCUT2D eigenvalue weighted by atomic mass is 32.1. The number of fused-ring (bicyclic) bond motifs is 1. The Labute approximate surface area is 128 Å². The highest BCUT2D eigenvalue weighted by Crippen LogP contribution is 2.44. The molecule has 0 bridgehead atoms. The van der Waals surface area contributed by atoms with Crippen LogP contribution in [0.2, 0.25) is 0 Å². The number of nitrogens with one attached hydrogen (secondary N) is 1. The Kier molecular flexibility index (Phi) is 3.93. The zero-order valence-electron chi connectivity index (χ0n) is 12.3. The summed E-state index contributed by atoms with van der Waals surface area (Å²) in [7, 11) is 0. The summed E-state index contributed by atoms with van der Waals surface area (Å²) in [6.07, 6.45) is 2.77. The van der Waals surface area contributed by atoms with Crippen LogP contribution in [0.3, 0.4) is 0 Å². The number of carbonyl (C=O) groups is 2. The Hall–Kier alpha value is -1.50. The maximum atomic E-state index is 12.5. The van der Waals surface area contributed by atoms with E-state index in [-0.39, 0.29) is 30.2 Å². The molecule has 2 fully saturated rings. The minimum atomic E-state index is -0.100. The van der Waals surface area contributed by atoms with Crippen molar-refractivity contribution in [1.29, 1.82) is 0 Å². The third kappa shape index (κ3) is 2.43. The topological polar surface area (TPSA) is 75.2 Å². The van der Waals surface area contributed by atoms with Gasteiger partial charge in [-0.05, 0) is 25.7 Å². The van der Waals surface area contributed by atoms with E-state index in [1.807, 2.05) is 6.92 Å². The number of imide groups is 1. The molecule has 1 aromatic heterocycles. The van der Waals surface area contributed by atoms with Gasteiger partial charge in [0.1, 0.15) is 10.7 Å². The van der Waals surface area contributed by atoms with Crippen molar-refractivity contribution >= 4 is 28.3 Å². The summed E-state index contributed by atoms with van der Waals surface area (Å²) in [5.74, 6) is 0.286. The van der Waals surface area contributed by atoms with E-state index in [4.69, 9.17) is 0 Å². The van der Waals surface area contributed by atoms with E-state index >= 15 is 0 Å². The number of hydrogen-bond donors (Lipinski definition) is 1. The molecule has 1 aliphatic heterocycles. The summed E-state index contributed by atoms with van der Waals surface area (Å²) < 4.78 is 3.91. The first kappa shape index (κ1) is 14.4. The van der Waals surface area contributed by atoms with Crippen LogP contribution in [0, 0.1) is 17.8 Å². The van der Waals surface area contributed by atoms with Gasteiger partial charge >= 0.3 is 0 Å². The van der Waals surface area contributed by atoms with Crippen molar-refractivity contribution in [3.63, 3.8) is 0 Å².